The first-order valence-corrected chi connectivity index (χ1v) is 6.25. The third-order valence-corrected chi connectivity index (χ3v) is 4.00. The summed E-state index contributed by atoms with van der Waals surface area (Å²) >= 11 is 0. The zero-order valence-electron chi connectivity index (χ0n) is 10.1. The van der Waals surface area contributed by atoms with Crippen molar-refractivity contribution in [1.29, 1.82) is 0 Å². The molecule has 2 fully saturated rings. The fourth-order valence-electron chi connectivity index (χ4n) is 2.59. The number of nitro groups is 1. The topological polar surface area (TPSA) is 94.1 Å². The second kappa shape index (κ2) is 3.83. The van der Waals surface area contributed by atoms with E-state index in [2.05, 4.69) is 10.3 Å². The van der Waals surface area contributed by atoms with Crippen LogP contribution in [0.2, 0.25) is 0 Å². The fraction of sp³-hybridized carbons (Fsp3) is 0.583. The Morgan fingerprint density at radius 3 is 2.78 bits per heavy atom. The number of hydrogen-bond donors (Lipinski definition) is 2. The number of pyridine rings is 1. The third-order valence-electron chi connectivity index (χ3n) is 4.00. The van der Waals surface area contributed by atoms with Crippen LogP contribution in [0.25, 0.3) is 0 Å². The van der Waals surface area contributed by atoms with Crippen LogP contribution in [0.3, 0.4) is 0 Å². The molecule has 2 aliphatic rings. The number of nitrogens with two attached hydrogens (primary N) is 1. The Morgan fingerprint density at radius 2 is 2.22 bits per heavy atom. The predicted octanol–water partition coefficient (Wildman–Crippen LogP) is 2.17. The minimum absolute atomic E-state index is 0.0127. The van der Waals surface area contributed by atoms with Gasteiger partial charge in [-0.2, -0.15) is 0 Å². The summed E-state index contributed by atoms with van der Waals surface area (Å²) in [6.45, 7) is 0.852. The van der Waals surface area contributed by atoms with Gasteiger partial charge in [-0.3, -0.25) is 10.1 Å². The van der Waals surface area contributed by atoms with Gasteiger partial charge >= 0.3 is 0 Å². The average molecular weight is 248 g/mol. The van der Waals surface area contributed by atoms with Crippen LogP contribution < -0.4 is 11.1 Å². The summed E-state index contributed by atoms with van der Waals surface area (Å²) < 4.78 is 0. The normalized spacial score (nSPS) is 20.4. The van der Waals surface area contributed by atoms with E-state index < -0.39 is 4.92 Å². The Hall–Kier alpha value is -1.85. The third kappa shape index (κ3) is 2.10. The molecule has 0 atom stereocenters. The summed E-state index contributed by atoms with van der Waals surface area (Å²) in [5.74, 6) is 1.54. The number of rotatable bonds is 5. The van der Waals surface area contributed by atoms with Crippen molar-refractivity contribution >= 4 is 17.3 Å². The quantitative estimate of drug-likeness (QED) is 0.615. The van der Waals surface area contributed by atoms with Gasteiger partial charge in [-0.15, -0.1) is 0 Å². The number of hydrogen-bond acceptors (Lipinski definition) is 5. The highest BCUT2D eigenvalue weighted by Gasteiger charge is 2.53. The van der Waals surface area contributed by atoms with Crippen LogP contribution in [0.5, 0.6) is 0 Å². The molecule has 2 aliphatic carbocycles. The van der Waals surface area contributed by atoms with E-state index in [9.17, 15) is 10.1 Å². The van der Waals surface area contributed by atoms with Gasteiger partial charge in [0.15, 0.2) is 0 Å². The van der Waals surface area contributed by atoms with E-state index >= 15 is 0 Å². The lowest BCUT2D eigenvalue weighted by atomic mass is 10.0. The van der Waals surface area contributed by atoms with Crippen LogP contribution in [0, 0.1) is 21.4 Å². The Bertz CT molecular complexity index is 495. The molecule has 96 valence electrons. The fourth-order valence-corrected chi connectivity index (χ4v) is 2.59. The molecule has 0 saturated heterocycles. The van der Waals surface area contributed by atoms with Gasteiger partial charge in [-0.25, -0.2) is 4.98 Å². The molecule has 3 N–H and O–H groups in total. The molecule has 0 spiro atoms. The smallest absolute Gasteiger partial charge is 0.276 e. The average Bonchev–Trinajstić information content (AvgIpc) is 3.17. The maximum absolute atomic E-state index is 10.7. The highest BCUT2D eigenvalue weighted by molar-refractivity contribution is 5.52. The van der Waals surface area contributed by atoms with Crippen molar-refractivity contribution in [1.82, 2.24) is 4.98 Å². The molecule has 0 amide bonds. The molecule has 3 rings (SSSR count). The number of aromatic nitrogens is 1. The summed E-state index contributed by atoms with van der Waals surface area (Å²) in [5, 5.41) is 13.9. The molecular formula is C12H16N4O2. The van der Waals surface area contributed by atoms with Gasteiger partial charge in [0.25, 0.3) is 5.69 Å². The van der Waals surface area contributed by atoms with Gasteiger partial charge in [0.1, 0.15) is 11.6 Å². The highest BCUT2D eigenvalue weighted by atomic mass is 16.6. The van der Waals surface area contributed by atoms with Crippen molar-refractivity contribution < 1.29 is 4.92 Å². The molecule has 6 nitrogen and oxygen atoms in total. The molecule has 0 aromatic carbocycles. The Balaban J connectivity index is 1.70. The van der Waals surface area contributed by atoms with Crippen molar-refractivity contribution in [2.45, 2.75) is 25.7 Å². The number of nitrogen functional groups attached to an aromatic ring is 1. The minimum atomic E-state index is -0.447. The molecule has 2 saturated carbocycles. The minimum Gasteiger partial charge on any atom is -0.383 e. The van der Waals surface area contributed by atoms with E-state index in [1.54, 1.807) is 0 Å². The van der Waals surface area contributed by atoms with Gasteiger partial charge in [0, 0.05) is 6.54 Å². The van der Waals surface area contributed by atoms with E-state index in [4.69, 9.17) is 5.73 Å². The van der Waals surface area contributed by atoms with Gasteiger partial charge < -0.3 is 11.1 Å². The maximum atomic E-state index is 10.7. The van der Waals surface area contributed by atoms with Crippen molar-refractivity contribution in [2.75, 3.05) is 17.6 Å². The van der Waals surface area contributed by atoms with E-state index in [1.165, 1.54) is 37.8 Å². The molecule has 6 heteroatoms. The molecular weight excluding hydrogens is 232 g/mol. The van der Waals surface area contributed by atoms with Crippen LogP contribution in [-0.2, 0) is 0 Å². The van der Waals surface area contributed by atoms with Crippen LogP contribution in [-0.4, -0.2) is 16.5 Å². The summed E-state index contributed by atoms with van der Waals surface area (Å²) in [4.78, 5) is 14.4. The Morgan fingerprint density at radius 1 is 1.50 bits per heavy atom. The number of nitrogens with zero attached hydrogens (tertiary/aromatic N) is 2. The largest absolute Gasteiger partial charge is 0.383 e. The van der Waals surface area contributed by atoms with Crippen molar-refractivity contribution in [3.63, 3.8) is 0 Å². The van der Waals surface area contributed by atoms with Crippen LogP contribution in [0.4, 0.5) is 17.3 Å². The zero-order chi connectivity index (χ0) is 12.8. The van der Waals surface area contributed by atoms with E-state index in [0.29, 0.717) is 11.2 Å². The number of anilines is 2. The Kier molecular flexibility index (Phi) is 2.39. The SMILES string of the molecule is Nc1cc([N+](=O)[O-])cc(NCC2(C3CC3)CC2)n1. The summed E-state index contributed by atoms with van der Waals surface area (Å²) in [6.07, 6.45) is 5.17. The first-order chi connectivity index (χ1) is 8.59. The molecule has 18 heavy (non-hydrogen) atoms. The Labute approximate surface area is 105 Å². The first-order valence-electron chi connectivity index (χ1n) is 6.25. The van der Waals surface area contributed by atoms with E-state index in [1.807, 2.05) is 0 Å². The second-order valence-electron chi connectivity index (χ2n) is 5.38. The highest BCUT2D eigenvalue weighted by Crippen LogP contribution is 2.61. The van der Waals surface area contributed by atoms with E-state index in [-0.39, 0.29) is 11.5 Å². The molecule has 0 aliphatic heterocycles. The van der Waals surface area contributed by atoms with Gasteiger partial charge in [-0.1, -0.05) is 0 Å². The van der Waals surface area contributed by atoms with Crippen molar-refractivity contribution in [3.05, 3.63) is 22.2 Å². The predicted molar refractivity (Wildman–Crippen MR) is 68.2 cm³/mol. The first kappa shape index (κ1) is 11.3. The lowest BCUT2D eigenvalue weighted by Crippen LogP contribution is -2.18. The number of nitrogens with one attached hydrogen (secondary N) is 1. The van der Waals surface area contributed by atoms with Crippen molar-refractivity contribution in [2.24, 2.45) is 11.3 Å². The lowest BCUT2D eigenvalue weighted by Gasteiger charge is -2.15. The van der Waals surface area contributed by atoms with Gasteiger partial charge in [0.2, 0.25) is 0 Å². The van der Waals surface area contributed by atoms with Gasteiger partial charge in [0.05, 0.1) is 17.1 Å². The summed E-state index contributed by atoms with van der Waals surface area (Å²) in [5.41, 5.74) is 5.99. The molecule has 0 bridgehead atoms. The van der Waals surface area contributed by atoms with Gasteiger partial charge in [-0.05, 0) is 37.0 Å². The van der Waals surface area contributed by atoms with Crippen LogP contribution in [0.15, 0.2) is 12.1 Å². The second-order valence-corrected chi connectivity index (χ2v) is 5.38. The molecule has 0 unspecified atom stereocenters. The van der Waals surface area contributed by atoms with Crippen molar-refractivity contribution in [3.8, 4) is 0 Å². The molecule has 1 aromatic rings. The summed E-state index contributed by atoms with van der Waals surface area (Å²) in [6, 6.07) is 2.72. The lowest BCUT2D eigenvalue weighted by molar-refractivity contribution is -0.384. The standard InChI is InChI=1S/C12H16N4O2/c13-10-5-9(16(17)18)6-11(15-10)14-7-12(3-4-12)8-1-2-8/h5-6,8H,1-4,7H2,(H3,13,14,15). The van der Waals surface area contributed by atoms with E-state index in [0.717, 1.165) is 12.5 Å². The monoisotopic (exact) mass is 248 g/mol. The molecule has 0 radical (unpaired) electrons. The summed E-state index contributed by atoms with van der Waals surface area (Å²) in [7, 11) is 0. The maximum Gasteiger partial charge on any atom is 0.276 e. The zero-order valence-corrected chi connectivity index (χ0v) is 10.1. The molecule has 1 aromatic heterocycles. The van der Waals surface area contributed by atoms with Crippen LogP contribution >= 0.6 is 0 Å². The van der Waals surface area contributed by atoms with Crippen LogP contribution in [0.1, 0.15) is 25.7 Å². The molecule has 1 heterocycles.